The van der Waals surface area contributed by atoms with Crippen LogP contribution < -0.4 is 16.0 Å². The molecular weight excluding hydrogens is 566 g/mol. The second kappa shape index (κ2) is 12.9. The summed E-state index contributed by atoms with van der Waals surface area (Å²) in [4.78, 5) is 33.3. The van der Waals surface area contributed by atoms with Gasteiger partial charge >= 0.3 is 6.03 Å². The Morgan fingerprint density at radius 1 is 0.822 bits per heavy atom. The van der Waals surface area contributed by atoms with Crippen LogP contribution in [0.2, 0.25) is 0 Å². The first-order valence-corrected chi connectivity index (χ1v) is 15.1. The molecule has 0 aliphatic carbocycles. The van der Waals surface area contributed by atoms with Gasteiger partial charge in [0.25, 0.3) is 5.91 Å². The summed E-state index contributed by atoms with van der Waals surface area (Å²) in [6, 6.07) is 24.5. The molecule has 0 unspecified atom stereocenters. The minimum atomic E-state index is -0.429. The van der Waals surface area contributed by atoms with Crippen LogP contribution in [0.25, 0.3) is 21.9 Å². The molecule has 45 heavy (non-hydrogen) atoms. The highest BCUT2D eigenvalue weighted by atomic mass is 16.5. The van der Waals surface area contributed by atoms with Crippen LogP contribution in [0.4, 0.5) is 21.9 Å². The number of fused-ring (bicyclic) bond motifs is 1. The zero-order valence-electron chi connectivity index (χ0n) is 25.7. The molecule has 5 aromatic rings. The summed E-state index contributed by atoms with van der Waals surface area (Å²) in [5.41, 5.74) is 5.50. The van der Waals surface area contributed by atoms with E-state index in [2.05, 4.69) is 53.8 Å². The average molecular weight is 604 g/mol. The number of benzene rings is 3. The molecule has 3 aromatic carbocycles. The summed E-state index contributed by atoms with van der Waals surface area (Å²) >= 11 is 0. The highest BCUT2D eigenvalue weighted by molar-refractivity contribution is 6.11. The minimum absolute atomic E-state index is 0.169. The number of pyridine rings is 1. The average Bonchev–Trinajstić information content (AvgIpc) is 3.58. The van der Waals surface area contributed by atoms with E-state index in [1.807, 2.05) is 54.7 Å². The van der Waals surface area contributed by atoms with Crippen molar-refractivity contribution in [1.29, 1.82) is 0 Å². The Balaban J connectivity index is 1.23. The molecule has 0 atom stereocenters. The topological polar surface area (TPSA) is 109 Å². The standard InChI is InChI=1S/C36H37N5O4/c1-36(2,3)25-11-14-31(38-34(42)33-9-6-18-45-33)32(21-25)40-35(43)39-30-15-13-27(28-7-4-5-8-29(28)30)24-10-12-26(37-22-24)23-41-16-19-44-20-17-41/h4-15,18,21-22H,16-17,19-20,23H2,1-3H3,(H,38,42)(H2,39,40,43). The number of carbonyl (C=O) groups excluding carboxylic acids is 2. The van der Waals surface area contributed by atoms with E-state index >= 15 is 0 Å². The number of ether oxygens (including phenoxy) is 1. The quantitative estimate of drug-likeness (QED) is 0.178. The van der Waals surface area contributed by atoms with Crippen LogP contribution in [0, 0.1) is 0 Å². The number of morpholine rings is 1. The molecule has 0 saturated carbocycles. The number of hydrogen-bond acceptors (Lipinski definition) is 6. The lowest BCUT2D eigenvalue weighted by Gasteiger charge is -2.26. The third kappa shape index (κ3) is 7.06. The van der Waals surface area contributed by atoms with Crippen LogP contribution in [0.5, 0.6) is 0 Å². The second-order valence-corrected chi connectivity index (χ2v) is 12.2. The number of nitrogens with one attached hydrogen (secondary N) is 3. The van der Waals surface area contributed by atoms with Crippen LogP contribution in [-0.4, -0.2) is 48.1 Å². The van der Waals surface area contributed by atoms with Crippen molar-refractivity contribution in [1.82, 2.24) is 9.88 Å². The fraction of sp³-hybridized carbons (Fsp3) is 0.250. The summed E-state index contributed by atoms with van der Waals surface area (Å²) in [6.07, 6.45) is 3.36. The van der Waals surface area contributed by atoms with Crippen molar-refractivity contribution in [3.8, 4) is 11.1 Å². The Bertz CT molecular complexity index is 1800. The molecule has 0 spiro atoms. The maximum atomic E-state index is 13.4. The van der Waals surface area contributed by atoms with Crippen molar-refractivity contribution in [2.75, 3.05) is 42.3 Å². The smallest absolute Gasteiger partial charge is 0.323 e. The Kier molecular flexibility index (Phi) is 8.64. The van der Waals surface area contributed by atoms with E-state index in [-0.39, 0.29) is 11.2 Å². The van der Waals surface area contributed by atoms with Gasteiger partial charge in [-0.15, -0.1) is 0 Å². The maximum Gasteiger partial charge on any atom is 0.323 e. The summed E-state index contributed by atoms with van der Waals surface area (Å²) in [6.45, 7) is 10.4. The zero-order valence-corrected chi connectivity index (χ0v) is 25.7. The van der Waals surface area contributed by atoms with Gasteiger partial charge in [0.2, 0.25) is 0 Å². The van der Waals surface area contributed by atoms with Crippen molar-refractivity contribution in [2.45, 2.75) is 32.7 Å². The number of amides is 3. The van der Waals surface area contributed by atoms with Crippen LogP contribution in [0.1, 0.15) is 42.6 Å². The molecule has 0 bridgehead atoms. The summed E-state index contributed by atoms with van der Waals surface area (Å²) < 4.78 is 10.7. The summed E-state index contributed by atoms with van der Waals surface area (Å²) in [5, 5.41) is 10.7. The third-order valence-electron chi connectivity index (χ3n) is 7.92. The molecular formula is C36H37N5O4. The third-order valence-corrected chi connectivity index (χ3v) is 7.92. The Morgan fingerprint density at radius 2 is 1.58 bits per heavy atom. The molecule has 1 aliphatic rings. The van der Waals surface area contributed by atoms with Gasteiger partial charge in [0.05, 0.1) is 42.2 Å². The van der Waals surface area contributed by atoms with E-state index in [1.165, 1.54) is 6.26 Å². The molecule has 9 nitrogen and oxygen atoms in total. The first-order chi connectivity index (χ1) is 21.7. The van der Waals surface area contributed by atoms with Crippen molar-refractivity contribution >= 4 is 39.8 Å². The van der Waals surface area contributed by atoms with E-state index in [4.69, 9.17) is 14.1 Å². The van der Waals surface area contributed by atoms with Crippen LogP contribution >= 0.6 is 0 Å². The number of nitrogens with zero attached hydrogens (tertiary/aromatic N) is 2. The lowest BCUT2D eigenvalue weighted by molar-refractivity contribution is 0.0336. The Morgan fingerprint density at radius 3 is 2.29 bits per heavy atom. The van der Waals surface area contributed by atoms with Crippen molar-refractivity contribution < 1.29 is 18.7 Å². The number of rotatable bonds is 7. The van der Waals surface area contributed by atoms with Gasteiger partial charge in [0.1, 0.15) is 0 Å². The highest BCUT2D eigenvalue weighted by Crippen LogP contribution is 2.34. The number of aromatic nitrogens is 1. The fourth-order valence-corrected chi connectivity index (χ4v) is 5.42. The Labute approximate surface area is 262 Å². The number of carbonyl (C=O) groups is 2. The minimum Gasteiger partial charge on any atom is -0.459 e. The molecule has 1 aliphatic heterocycles. The van der Waals surface area contributed by atoms with Crippen molar-refractivity contribution in [3.05, 3.63) is 108 Å². The van der Waals surface area contributed by atoms with Crippen LogP contribution in [0.3, 0.4) is 0 Å². The lowest BCUT2D eigenvalue weighted by Crippen LogP contribution is -2.35. The first-order valence-electron chi connectivity index (χ1n) is 15.1. The van der Waals surface area contributed by atoms with E-state index in [0.717, 1.165) is 66.0 Å². The Hall–Kier alpha value is -4.99. The number of furan rings is 1. The SMILES string of the molecule is CC(C)(C)c1ccc(NC(=O)c2ccco2)c(NC(=O)Nc2ccc(-c3ccc(CN4CCOCC4)nc3)c3ccccc23)c1. The normalized spacial score (nSPS) is 13.8. The molecule has 6 rings (SSSR count). The van der Waals surface area contributed by atoms with Gasteiger partial charge in [-0.05, 0) is 58.3 Å². The van der Waals surface area contributed by atoms with E-state index < -0.39 is 11.9 Å². The molecule has 0 radical (unpaired) electrons. The van der Waals surface area contributed by atoms with E-state index in [0.29, 0.717) is 17.1 Å². The predicted octanol–water partition coefficient (Wildman–Crippen LogP) is 7.52. The molecule has 1 saturated heterocycles. The molecule has 1 fully saturated rings. The predicted molar refractivity (Wildman–Crippen MR) is 178 cm³/mol. The number of hydrogen-bond donors (Lipinski definition) is 3. The van der Waals surface area contributed by atoms with E-state index in [9.17, 15) is 9.59 Å². The van der Waals surface area contributed by atoms with Crippen molar-refractivity contribution in [3.63, 3.8) is 0 Å². The molecule has 3 amide bonds. The van der Waals surface area contributed by atoms with Gasteiger partial charge in [-0.1, -0.05) is 63.2 Å². The lowest BCUT2D eigenvalue weighted by atomic mass is 9.86. The van der Waals surface area contributed by atoms with E-state index in [1.54, 1.807) is 18.2 Å². The highest BCUT2D eigenvalue weighted by Gasteiger charge is 2.19. The van der Waals surface area contributed by atoms with Gasteiger partial charge in [-0.25, -0.2) is 4.79 Å². The summed E-state index contributed by atoms with van der Waals surface area (Å²) in [5.74, 6) is -0.226. The molecule has 9 heteroatoms. The monoisotopic (exact) mass is 603 g/mol. The molecule has 3 N–H and O–H groups in total. The zero-order chi connectivity index (χ0) is 31.4. The molecule has 3 heterocycles. The van der Waals surface area contributed by atoms with Crippen LogP contribution in [0.15, 0.2) is 95.7 Å². The van der Waals surface area contributed by atoms with Crippen molar-refractivity contribution in [2.24, 2.45) is 0 Å². The van der Waals surface area contributed by atoms with Gasteiger partial charge < -0.3 is 25.1 Å². The van der Waals surface area contributed by atoms with Gasteiger partial charge in [0, 0.05) is 36.8 Å². The second-order valence-electron chi connectivity index (χ2n) is 12.2. The number of anilines is 3. The first kappa shape index (κ1) is 30.1. The molecule has 230 valence electrons. The number of urea groups is 1. The van der Waals surface area contributed by atoms with Gasteiger partial charge in [-0.2, -0.15) is 0 Å². The van der Waals surface area contributed by atoms with Gasteiger partial charge in [0.15, 0.2) is 5.76 Å². The largest absolute Gasteiger partial charge is 0.459 e. The molecule has 2 aromatic heterocycles. The van der Waals surface area contributed by atoms with Crippen LogP contribution in [-0.2, 0) is 16.7 Å². The van der Waals surface area contributed by atoms with Gasteiger partial charge in [-0.3, -0.25) is 14.7 Å². The summed E-state index contributed by atoms with van der Waals surface area (Å²) in [7, 11) is 0. The fourth-order valence-electron chi connectivity index (χ4n) is 5.42. The maximum absolute atomic E-state index is 13.4.